The molecule has 0 amide bonds. The quantitative estimate of drug-likeness (QED) is 0.0929. The molecule has 14 heteroatoms. The highest BCUT2D eigenvalue weighted by molar-refractivity contribution is 6.76. The normalized spacial score (nSPS) is 18.4. The fourth-order valence-electron chi connectivity index (χ4n) is 6.42. The molecule has 2 aliphatic heterocycles. The molecule has 4 heterocycles. The smallest absolute Gasteiger partial charge is 0.444 e. The van der Waals surface area contributed by atoms with Crippen LogP contribution in [0.2, 0.25) is 25.7 Å². The number of hydrogen-bond acceptors (Lipinski definition) is 8. The van der Waals surface area contributed by atoms with Gasteiger partial charge in [-0.15, -0.1) is 10.2 Å². The van der Waals surface area contributed by atoms with Gasteiger partial charge in [0.25, 0.3) is 5.79 Å². The van der Waals surface area contributed by atoms with Crippen LogP contribution in [0.15, 0.2) is 48.7 Å². The van der Waals surface area contributed by atoms with Crippen LogP contribution in [0, 0.1) is 24.1 Å². The van der Waals surface area contributed by atoms with Crippen LogP contribution in [-0.4, -0.2) is 52.4 Å². The predicted octanol–water partition coefficient (Wildman–Crippen LogP) is 8.01. The van der Waals surface area contributed by atoms with Crippen LogP contribution in [0.3, 0.4) is 0 Å². The summed E-state index contributed by atoms with van der Waals surface area (Å²) in [7, 11) is -1.42. The number of aromatic nitrogens is 4. The van der Waals surface area contributed by atoms with E-state index in [-0.39, 0.29) is 29.6 Å². The van der Waals surface area contributed by atoms with Gasteiger partial charge in [-0.25, -0.2) is 4.39 Å². The van der Waals surface area contributed by atoms with Gasteiger partial charge in [-0.3, -0.25) is 14.5 Å². The van der Waals surface area contributed by atoms with Gasteiger partial charge in [0.1, 0.15) is 12.5 Å². The summed E-state index contributed by atoms with van der Waals surface area (Å²) in [5.74, 6) is -1.63. The summed E-state index contributed by atoms with van der Waals surface area (Å²) in [5.41, 5.74) is 3.55. The molecule has 6 rings (SSSR count). The molecule has 0 spiro atoms. The third kappa shape index (κ3) is 7.55. The number of nitrogens with zero attached hydrogens (tertiary/aromatic N) is 6. The van der Waals surface area contributed by atoms with Crippen molar-refractivity contribution in [3.05, 3.63) is 88.3 Å². The standard InChI is InChI=1S/C36H40F4N6O3Si/c1-23-17-26(33-43-44-34(36(38,39)40)46(33)22-47-15-16-50(3,4)5)20-42-30(23)21-45-13-11-25(12-14-45)27-7-6-8-31-32(27)49-35(2,48-31)28-10-9-24(19-41)18-29(28)37/h6-10,17-18,20,25H,11-16,21-22H2,1-5H3. The molecule has 9 nitrogen and oxygen atoms in total. The van der Waals surface area contributed by atoms with Crippen LogP contribution in [0.4, 0.5) is 17.6 Å². The SMILES string of the molecule is Cc1cc(-c2nnc(C(F)(F)F)n2COCC[Si](C)(C)C)cnc1CN1CCC(c2cccc3c2OC(C)(c2ccc(C#N)cc2F)O3)CC1. The second kappa shape index (κ2) is 13.8. The van der Waals surface area contributed by atoms with Gasteiger partial charge in [-0.05, 0) is 80.7 Å². The number of piperidine rings is 1. The van der Waals surface area contributed by atoms with E-state index in [1.165, 1.54) is 12.1 Å². The molecule has 1 unspecified atom stereocenters. The summed E-state index contributed by atoms with van der Waals surface area (Å²) >= 11 is 0. The zero-order chi connectivity index (χ0) is 35.8. The summed E-state index contributed by atoms with van der Waals surface area (Å²) in [4.78, 5) is 6.96. The highest BCUT2D eigenvalue weighted by Gasteiger charge is 2.43. The molecule has 1 atom stereocenters. The van der Waals surface area contributed by atoms with Crippen LogP contribution in [0.1, 0.15) is 59.5 Å². The molecule has 2 aromatic heterocycles. The van der Waals surface area contributed by atoms with Gasteiger partial charge in [-0.2, -0.15) is 18.4 Å². The molecule has 264 valence electrons. The molecule has 1 saturated heterocycles. The van der Waals surface area contributed by atoms with Crippen molar-refractivity contribution in [3.63, 3.8) is 0 Å². The van der Waals surface area contributed by atoms with E-state index >= 15 is 0 Å². The first-order chi connectivity index (χ1) is 23.6. The van der Waals surface area contributed by atoms with Gasteiger partial charge in [0.2, 0.25) is 5.82 Å². The van der Waals surface area contributed by atoms with E-state index in [9.17, 15) is 17.6 Å². The molecule has 50 heavy (non-hydrogen) atoms. The Morgan fingerprint density at radius 2 is 1.84 bits per heavy atom. The van der Waals surface area contributed by atoms with Gasteiger partial charge >= 0.3 is 6.18 Å². The number of aryl methyl sites for hydroxylation is 1. The molecule has 0 aliphatic carbocycles. The lowest BCUT2D eigenvalue weighted by Crippen LogP contribution is -2.34. The zero-order valence-corrected chi connectivity index (χ0v) is 29.8. The van der Waals surface area contributed by atoms with E-state index in [2.05, 4.69) is 39.7 Å². The third-order valence-corrected chi connectivity index (χ3v) is 11.0. The topological polar surface area (TPSA) is 98.3 Å². The number of pyridine rings is 1. The Balaban J connectivity index is 1.11. The maximum Gasteiger partial charge on any atom is 0.451 e. The number of fused-ring (bicyclic) bond motifs is 1. The summed E-state index contributed by atoms with van der Waals surface area (Å²) < 4.78 is 75.4. The molecule has 0 radical (unpaired) electrons. The summed E-state index contributed by atoms with van der Waals surface area (Å²) in [6, 6.07) is 14.6. The monoisotopic (exact) mass is 708 g/mol. The number of hydrogen-bond donors (Lipinski definition) is 0. The highest BCUT2D eigenvalue weighted by Crippen LogP contribution is 2.49. The van der Waals surface area contributed by atoms with Crippen molar-refractivity contribution in [2.45, 2.75) is 83.5 Å². The highest BCUT2D eigenvalue weighted by atomic mass is 28.3. The Morgan fingerprint density at radius 3 is 2.50 bits per heavy atom. The van der Waals surface area contributed by atoms with Crippen molar-refractivity contribution in [3.8, 4) is 29.0 Å². The van der Waals surface area contributed by atoms with Crippen molar-refractivity contribution in [2.24, 2.45) is 0 Å². The van der Waals surface area contributed by atoms with E-state index < -0.39 is 31.7 Å². The Bertz CT molecular complexity index is 1910. The minimum Gasteiger partial charge on any atom is -0.444 e. The van der Waals surface area contributed by atoms with Crippen molar-refractivity contribution >= 4 is 8.07 Å². The van der Waals surface area contributed by atoms with E-state index in [1.807, 2.05) is 31.2 Å². The van der Waals surface area contributed by atoms with E-state index in [4.69, 9.17) is 19.5 Å². The first kappa shape index (κ1) is 35.5. The van der Waals surface area contributed by atoms with Crippen LogP contribution in [0.5, 0.6) is 11.5 Å². The van der Waals surface area contributed by atoms with Crippen LogP contribution >= 0.6 is 0 Å². The van der Waals surface area contributed by atoms with Crippen molar-refractivity contribution in [2.75, 3.05) is 19.7 Å². The van der Waals surface area contributed by atoms with Gasteiger partial charge in [-0.1, -0.05) is 31.8 Å². The Hall–Kier alpha value is -4.32. The summed E-state index contributed by atoms with van der Waals surface area (Å²) in [6.07, 6.45) is -1.43. The molecule has 0 saturated carbocycles. The van der Waals surface area contributed by atoms with Gasteiger partial charge < -0.3 is 14.2 Å². The zero-order valence-electron chi connectivity index (χ0n) is 28.8. The van der Waals surface area contributed by atoms with Crippen LogP contribution < -0.4 is 9.47 Å². The van der Waals surface area contributed by atoms with Crippen molar-refractivity contribution < 1.29 is 31.8 Å². The molecule has 4 aromatic rings. The largest absolute Gasteiger partial charge is 0.451 e. The number of rotatable bonds is 10. The second-order valence-corrected chi connectivity index (χ2v) is 19.9. The number of nitriles is 1. The van der Waals surface area contributed by atoms with Crippen molar-refractivity contribution in [1.29, 1.82) is 5.26 Å². The predicted molar refractivity (Wildman–Crippen MR) is 181 cm³/mol. The molecular weight excluding hydrogens is 669 g/mol. The summed E-state index contributed by atoms with van der Waals surface area (Å²) in [5, 5.41) is 16.5. The lowest BCUT2D eigenvalue weighted by Gasteiger charge is -2.32. The first-order valence-electron chi connectivity index (χ1n) is 16.6. The number of ether oxygens (including phenoxy) is 3. The molecule has 2 aliphatic rings. The molecule has 0 bridgehead atoms. The lowest BCUT2D eigenvalue weighted by molar-refractivity contribution is -0.149. The van der Waals surface area contributed by atoms with E-state index in [1.54, 1.807) is 25.3 Å². The van der Waals surface area contributed by atoms with Gasteiger partial charge in [0.15, 0.2) is 17.3 Å². The minimum atomic E-state index is -4.68. The van der Waals surface area contributed by atoms with Gasteiger partial charge in [0, 0.05) is 45.5 Å². The summed E-state index contributed by atoms with van der Waals surface area (Å²) in [6.45, 7) is 12.3. The number of benzene rings is 2. The molecular formula is C36H40F4N6O3Si. The number of alkyl halides is 3. The fourth-order valence-corrected chi connectivity index (χ4v) is 7.18. The fraction of sp³-hybridized carbons (Fsp3) is 0.444. The van der Waals surface area contributed by atoms with Gasteiger partial charge in [0.05, 0.1) is 22.9 Å². The average Bonchev–Trinajstić information content (AvgIpc) is 3.65. The average molecular weight is 709 g/mol. The van der Waals surface area contributed by atoms with Crippen LogP contribution in [0.25, 0.3) is 11.4 Å². The first-order valence-corrected chi connectivity index (χ1v) is 20.3. The van der Waals surface area contributed by atoms with E-state index in [0.29, 0.717) is 30.2 Å². The molecule has 2 aromatic carbocycles. The third-order valence-electron chi connectivity index (χ3n) is 9.27. The Kier molecular flexibility index (Phi) is 9.78. The van der Waals surface area contributed by atoms with Crippen molar-refractivity contribution in [1.82, 2.24) is 24.6 Å². The number of halogens is 4. The number of para-hydroxylation sites is 1. The molecule has 1 fully saturated rings. The Labute approximate surface area is 289 Å². The maximum absolute atomic E-state index is 14.9. The van der Waals surface area contributed by atoms with Crippen LogP contribution in [-0.2, 0) is 30.0 Å². The number of likely N-dealkylation sites (tertiary alicyclic amines) is 1. The second-order valence-electron chi connectivity index (χ2n) is 14.3. The minimum absolute atomic E-state index is 0.0629. The lowest BCUT2D eigenvalue weighted by atomic mass is 9.88. The van der Waals surface area contributed by atoms with E-state index in [0.717, 1.165) is 53.4 Å². The maximum atomic E-state index is 14.9. The Morgan fingerprint density at radius 1 is 1.08 bits per heavy atom. The molecule has 0 N–H and O–H groups in total.